The van der Waals surface area contributed by atoms with Crippen LogP contribution in [0.4, 0.5) is 0 Å². The van der Waals surface area contributed by atoms with Crippen LogP contribution >= 0.6 is 24.0 Å². The number of carbonyl (C=O) groups is 1. The van der Waals surface area contributed by atoms with Gasteiger partial charge in [-0.05, 0) is 25.3 Å². The van der Waals surface area contributed by atoms with Crippen molar-refractivity contribution in [2.75, 3.05) is 59.0 Å². The first kappa shape index (κ1) is 23.9. The van der Waals surface area contributed by atoms with Gasteiger partial charge in [-0.2, -0.15) is 0 Å². The molecule has 2 heterocycles. The van der Waals surface area contributed by atoms with Crippen LogP contribution in [0.3, 0.4) is 0 Å². The van der Waals surface area contributed by atoms with E-state index in [1.807, 2.05) is 17.9 Å². The van der Waals surface area contributed by atoms with Crippen LogP contribution in [0.15, 0.2) is 35.3 Å². The third-order valence-corrected chi connectivity index (χ3v) is 5.31. The lowest BCUT2D eigenvalue weighted by Crippen LogP contribution is -2.46. The number of amides is 1. The largest absolute Gasteiger partial charge is 0.379 e. The van der Waals surface area contributed by atoms with E-state index in [4.69, 9.17) is 4.74 Å². The highest BCUT2D eigenvalue weighted by Crippen LogP contribution is 2.21. The lowest BCUT2D eigenvalue weighted by molar-refractivity contribution is -0.128. The predicted molar refractivity (Wildman–Crippen MR) is 127 cm³/mol. The molecule has 1 unspecified atom stereocenters. The summed E-state index contributed by atoms with van der Waals surface area (Å²) in [5.41, 5.74) is 1.28. The van der Waals surface area contributed by atoms with Gasteiger partial charge in [-0.1, -0.05) is 30.3 Å². The zero-order chi connectivity index (χ0) is 19.6. The van der Waals surface area contributed by atoms with Gasteiger partial charge in [0, 0.05) is 39.3 Å². The molecule has 29 heavy (non-hydrogen) atoms. The van der Waals surface area contributed by atoms with Crippen LogP contribution in [0.5, 0.6) is 0 Å². The van der Waals surface area contributed by atoms with Crippen molar-refractivity contribution in [2.45, 2.75) is 25.8 Å². The van der Waals surface area contributed by atoms with Crippen molar-refractivity contribution in [1.82, 2.24) is 20.4 Å². The zero-order valence-corrected chi connectivity index (χ0v) is 19.6. The number of guanidine groups is 1. The number of nitrogens with zero attached hydrogens (tertiary/aromatic N) is 3. The van der Waals surface area contributed by atoms with Crippen molar-refractivity contribution in [3.8, 4) is 0 Å². The molecule has 2 aliphatic rings. The summed E-state index contributed by atoms with van der Waals surface area (Å²) in [6.45, 7) is 8.83. The van der Waals surface area contributed by atoms with Crippen molar-refractivity contribution in [1.29, 1.82) is 0 Å². The Labute approximate surface area is 191 Å². The Morgan fingerprint density at radius 1 is 1.10 bits per heavy atom. The second-order valence-electron chi connectivity index (χ2n) is 7.24. The lowest BCUT2D eigenvalue weighted by Gasteiger charge is -2.35. The molecule has 7 nitrogen and oxygen atoms in total. The Balaban J connectivity index is 0.00000300. The van der Waals surface area contributed by atoms with E-state index in [1.165, 1.54) is 5.56 Å². The molecule has 1 aromatic rings. The van der Waals surface area contributed by atoms with E-state index in [9.17, 15) is 4.79 Å². The summed E-state index contributed by atoms with van der Waals surface area (Å²) in [6, 6.07) is 10.8. The Morgan fingerprint density at radius 2 is 1.79 bits per heavy atom. The van der Waals surface area contributed by atoms with Gasteiger partial charge in [0.05, 0.1) is 19.3 Å². The van der Waals surface area contributed by atoms with Crippen molar-refractivity contribution >= 4 is 35.8 Å². The number of hydrogen-bond acceptors (Lipinski definition) is 4. The first-order valence-corrected chi connectivity index (χ1v) is 10.4. The molecule has 0 aliphatic carbocycles. The monoisotopic (exact) mass is 515 g/mol. The van der Waals surface area contributed by atoms with Gasteiger partial charge < -0.3 is 20.3 Å². The van der Waals surface area contributed by atoms with E-state index in [-0.39, 0.29) is 42.5 Å². The molecule has 8 heteroatoms. The number of benzene rings is 1. The van der Waals surface area contributed by atoms with Crippen molar-refractivity contribution < 1.29 is 9.53 Å². The van der Waals surface area contributed by atoms with Crippen LogP contribution in [-0.4, -0.2) is 80.7 Å². The maximum atomic E-state index is 12.3. The summed E-state index contributed by atoms with van der Waals surface area (Å²) in [5, 5.41) is 6.71. The van der Waals surface area contributed by atoms with Crippen LogP contribution in [0, 0.1) is 0 Å². The molecule has 0 bridgehead atoms. The molecule has 2 aliphatic heterocycles. The normalized spacial score (nSPS) is 18.8. The van der Waals surface area contributed by atoms with Gasteiger partial charge >= 0.3 is 0 Å². The predicted octanol–water partition coefficient (Wildman–Crippen LogP) is 1.86. The van der Waals surface area contributed by atoms with E-state index in [1.54, 1.807) is 0 Å². The lowest BCUT2D eigenvalue weighted by atomic mass is 10.0. The molecule has 0 spiro atoms. The molecule has 162 valence electrons. The maximum Gasteiger partial charge on any atom is 0.244 e. The van der Waals surface area contributed by atoms with Gasteiger partial charge in [-0.25, -0.2) is 4.99 Å². The number of rotatable bonds is 7. The summed E-state index contributed by atoms with van der Waals surface area (Å²) in [6.07, 6.45) is 2.21. The Hall–Kier alpha value is -1.39. The minimum atomic E-state index is 0. The second-order valence-corrected chi connectivity index (χ2v) is 7.24. The summed E-state index contributed by atoms with van der Waals surface area (Å²) >= 11 is 0. The Morgan fingerprint density at radius 3 is 2.45 bits per heavy atom. The molecular weight excluding hydrogens is 481 g/mol. The number of hydrogen-bond donors (Lipinski definition) is 2. The van der Waals surface area contributed by atoms with E-state index in [0.29, 0.717) is 5.96 Å². The van der Waals surface area contributed by atoms with E-state index in [0.717, 1.165) is 65.3 Å². The van der Waals surface area contributed by atoms with Crippen LogP contribution in [0.25, 0.3) is 0 Å². The highest BCUT2D eigenvalue weighted by atomic mass is 127. The minimum absolute atomic E-state index is 0. The smallest absolute Gasteiger partial charge is 0.244 e. The third-order valence-electron chi connectivity index (χ3n) is 5.31. The first-order valence-electron chi connectivity index (χ1n) is 10.4. The number of likely N-dealkylation sites (tertiary alicyclic amines) is 1. The molecule has 0 aromatic heterocycles. The highest BCUT2D eigenvalue weighted by molar-refractivity contribution is 14.0. The van der Waals surface area contributed by atoms with E-state index in [2.05, 4.69) is 44.8 Å². The van der Waals surface area contributed by atoms with Crippen LogP contribution in [-0.2, 0) is 9.53 Å². The fraction of sp³-hybridized carbons (Fsp3) is 0.619. The number of carbonyl (C=O) groups excluding carboxylic acids is 1. The van der Waals surface area contributed by atoms with Gasteiger partial charge in [0.1, 0.15) is 6.54 Å². The number of ether oxygens (including phenoxy) is 1. The van der Waals surface area contributed by atoms with Crippen molar-refractivity contribution in [2.24, 2.45) is 4.99 Å². The fourth-order valence-corrected chi connectivity index (χ4v) is 3.77. The molecule has 2 N–H and O–H groups in total. The molecule has 0 saturated carbocycles. The SMILES string of the molecule is CCNC(=NCC(=O)N1CCCC1)NCC(c1ccccc1)N1CCOCC1.I. The van der Waals surface area contributed by atoms with Crippen LogP contribution in [0.1, 0.15) is 31.4 Å². The van der Waals surface area contributed by atoms with Gasteiger partial charge in [0.2, 0.25) is 5.91 Å². The van der Waals surface area contributed by atoms with Gasteiger partial charge in [-0.15, -0.1) is 24.0 Å². The topological polar surface area (TPSA) is 69.2 Å². The summed E-state index contributed by atoms with van der Waals surface area (Å²) < 4.78 is 5.52. The molecule has 2 fully saturated rings. The van der Waals surface area contributed by atoms with Crippen LogP contribution in [0.2, 0.25) is 0 Å². The fourth-order valence-electron chi connectivity index (χ4n) is 3.77. The summed E-state index contributed by atoms with van der Waals surface area (Å²) in [4.78, 5) is 21.2. The van der Waals surface area contributed by atoms with E-state index < -0.39 is 0 Å². The average molecular weight is 515 g/mol. The second kappa shape index (κ2) is 13.0. The van der Waals surface area contributed by atoms with E-state index >= 15 is 0 Å². The minimum Gasteiger partial charge on any atom is -0.379 e. The van der Waals surface area contributed by atoms with Gasteiger partial charge in [0.25, 0.3) is 0 Å². The third kappa shape index (κ3) is 7.42. The standard InChI is InChI=1S/C21H33N5O2.HI/c1-2-22-21(24-17-20(27)26-10-6-7-11-26)23-16-19(18-8-4-3-5-9-18)25-12-14-28-15-13-25;/h3-5,8-9,19H,2,6-7,10-17H2,1H3,(H2,22,23,24);1H. The zero-order valence-electron chi connectivity index (χ0n) is 17.3. The van der Waals surface area contributed by atoms with Crippen LogP contribution < -0.4 is 10.6 Å². The molecular formula is C21H34IN5O2. The van der Waals surface area contributed by atoms with Gasteiger partial charge in [0.15, 0.2) is 5.96 Å². The maximum absolute atomic E-state index is 12.3. The quantitative estimate of drug-likeness (QED) is 0.330. The molecule has 1 aromatic carbocycles. The summed E-state index contributed by atoms with van der Waals surface area (Å²) in [5.74, 6) is 0.812. The first-order chi connectivity index (χ1) is 13.8. The number of aliphatic imine (C=N–C) groups is 1. The molecule has 3 rings (SSSR count). The molecule has 1 atom stereocenters. The van der Waals surface area contributed by atoms with Crippen molar-refractivity contribution in [3.05, 3.63) is 35.9 Å². The molecule has 0 radical (unpaired) electrons. The average Bonchev–Trinajstić information content (AvgIpc) is 3.28. The Kier molecular flexibility index (Phi) is 10.7. The van der Waals surface area contributed by atoms with Gasteiger partial charge in [-0.3, -0.25) is 9.69 Å². The molecule has 2 saturated heterocycles. The highest BCUT2D eigenvalue weighted by Gasteiger charge is 2.23. The van der Waals surface area contributed by atoms with Crippen molar-refractivity contribution in [3.63, 3.8) is 0 Å². The molecule has 1 amide bonds. The number of morpholine rings is 1. The number of nitrogens with one attached hydrogen (secondary N) is 2. The summed E-state index contributed by atoms with van der Waals surface area (Å²) in [7, 11) is 0. The Bertz CT molecular complexity index is 631. The number of halogens is 1.